The molecule has 2 N–H and O–H groups in total. The molecule has 1 aliphatic heterocycles. The number of rotatable bonds is 3. The Balaban J connectivity index is 1.84. The van der Waals surface area contributed by atoms with Gasteiger partial charge in [-0.25, -0.2) is 0 Å². The Morgan fingerprint density at radius 3 is 3.21 bits per heavy atom. The number of hydrogen-bond acceptors (Lipinski definition) is 4. The maximum Gasteiger partial charge on any atom is 0.132 e. The molecule has 0 amide bonds. The van der Waals surface area contributed by atoms with Crippen molar-refractivity contribution in [3.05, 3.63) is 24.2 Å². The molecule has 4 heteroatoms. The normalized spacial score (nSPS) is 24.8. The van der Waals surface area contributed by atoms with E-state index in [-0.39, 0.29) is 6.04 Å². The third kappa shape index (κ3) is 2.35. The van der Waals surface area contributed by atoms with Crippen LogP contribution in [0.4, 0.5) is 0 Å². The van der Waals surface area contributed by atoms with Crippen molar-refractivity contribution in [1.29, 1.82) is 0 Å². The van der Waals surface area contributed by atoms with Gasteiger partial charge in [0.25, 0.3) is 0 Å². The van der Waals surface area contributed by atoms with Gasteiger partial charge in [-0.2, -0.15) is 0 Å². The summed E-state index contributed by atoms with van der Waals surface area (Å²) < 4.78 is 10.4. The zero-order chi connectivity index (χ0) is 9.80. The van der Waals surface area contributed by atoms with E-state index in [1.165, 1.54) is 0 Å². The van der Waals surface area contributed by atoms with Crippen LogP contribution in [0, 0.1) is 0 Å². The molecule has 1 fully saturated rings. The zero-order valence-electron chi connectivity index (χ0n) is 7.98. The van der Waals surface area contributed by atoms with Gasteiger partial charge in [-0.3, -0.25) is 0 Å². The number of furan rings is 1. The highest BCUT2D eigenvalue weighted by atomic mass is 16.5. The Hall–Kier alpha value is -0.840. The topological polar surface area (TPSA) is 54.6 Å². The molecule has 2 atom stereocenters. The molecule has 0 radical (unpaired) electrons. The fourth-order valence-electron chi connectivity index (χ4n) is 1.64. The molecule has 0 aliphatic carbocycles. The van der Waals surface area contributed by atoms with E-state index in [1.807, 2.05) is 0 Å². The van der Waals surface area contributed by atoms with Crippen molar-refractivity contribution in [1.82, 2.24) is 5.32 Å². The lowest BCUT2D eigenvalue weighted by Crippen LogP contribution is -2.42. The van der Waals surface area contributed by atoms with Gasteiger partial charge < -0.3 is 19.6 Å². The summed E-state index contributed by atoms with van der Waals surface area (Å²) in [5.74, 6) is 0.623. The van der Waals surface area contributed by atoms with Crippen LogP contribution in [0.15, 0.2) is 22.8 Å². The van der Waals surface area contributed by atoms with E-state index < -0.39 is 6.10 Å². The molecule has 2 heterocycles. The number of aliphatic hydroxyl groups excluding tert-OH is 1. The van der Waals surface area contributed by atoms with Crippen molar-refractivity contribution in [2.75, 3.05) is 19.8 Å². The SMILES string of the molecule is O[C@@H](C[C@H]1COCCN1)c1ccco1. The largest absolute Gasteiger partial charge is 0.467 e. The van der Waals surface area contributed by atoms with E-state index in [1.54, 1.807) is 18.4 Å². The summed E-state index contributed by atoms with van der Waals surface area (Å²) >= 11 is 0. The maximum atomic E-state index is 9.77. The minimum atomic E-state index is -0.538. The summed E-state index contributed by atoms with van der Waals surface area (Å²) in [6.07, 6.45) is 1.67. The van der Waals surface area contributed by atoms with E-state index in [0.717, 1.165) is 13.2 Å². The predicted molar refractivity (Wildman–Crippen MR) is 50.9 cm³/mol. The number of nitrogens with one attached hydrogen (secondary N) is 1. The second kappa shape index (κ2) is 4.59. The van der Waals surface area contributed by atoms with Gasteiger partial charge in [0.15, 0.2) is 0 Å². The molecule has 1 aromatic heterocycles. The average Bonchev–Trinajstić information content (AvgIpc) is 2.72. The first-order valence-corrected chi connectivity index (χ1v) is 4.89. The highest BCUT2D eigenvalue weighted by Gasteiger charge is 2.19. The third-order valence-corrected chi connectivity index (χ3v) is 2.38. The lowest BCUT2D eigenvalue weighted by molar-refractivity contribution is 0.0468. The van der Waals surface area contributed by atoms with Crippen LogP contribution in [0.1, 0.15) is 18.3 Å². The molecule has 0 saturated carbocycles. The summed E-state index contributed by atoms with van der Waals surface area (Å²) in [5.41, 5.74) is 0. The fourth-order valence-corrected chi connectivity index (χ4v) is 1.64. The molecule has 0 bridgehead atoms. The zero-order valence-corrected chi connectivity index (χ0v) is 7.98. The smallest absolute Gasteiger partial charge is 0.132 e. The van der Waals surface area contributed by atoms with E-state index in [9.17, 15) is 5.11 Å². The molecule has 0 spiro atoms. The third-order valence-electron chi connectivity index (χ3n) is 2.38. The van der Waals surface area contributed by atoms with Crippen molar-refractivity contribution in [2.45, 2.75) is 18.6 Å². The van der Waals surface area contributed by atoms with Gasteiger partial charge in [-0.05, 0) is 18.6 Å². The van der Waals surface area contributed by atoms with Crippen molar-refractivity contribution in [2.24, 2.45) is 0 Å². The van der Waals surface area contributed by atoms with Crippen LogP contribution >= 0.6 is 0 Å². The van der Waals surface area contributed by atoms with Crippen LogP contribution in [0.2, 0.25) is 0 Å². The van der Waals surface area contributed by atoms with Crippen molar-refractivity contribution in [3.63, 3.8) is 0 Å². The second-order valence-corrected chi connectivity index (χ2v) is 3.49. The Labute approximate surface area is 82.9 Å². The van der Waals surface area contributed by atoms with Crippen LogP contribution in [-0.2, 0) is 4.74 Å². The molecular weight excluding hydrogens is 182 g/mol. The molecule has 1 aliphatic rings. The Kier molecular flexibility index (Phi) is 3.18. The minimum Gasteiger partial charge on any atom is -0.467 e. The van der Waals surface area contributed by atoms with E-state index in [2.05, 4.69) is 5.32 Å². The van der Waals surface area contributed by atoms with E-state index in [4.69, 9.17) is 9.15 Å². The lowest BCUT2D eigenvalue weighted by Gasteiger charge is -2.25. The van der Waals surface area contributed by atoms with Crippen LogP contribution in [-0.4, -0.2) is 30.9 Å². The molecule has 14 heavy (non-hydrogen) atoms. The second-order valence-electron chi connectivity index (χ2n) is 3.49. The van der Waals surface area contributed by atoms with E-state index >= 15 is 0 Å². The van der Waals surface area contributed by atoms with Crippen LogP contribution < -0.4 is 5.32 Å². The van der Waals surface area contributed by atoms with Gasteiger partial charge in [0.05, 0.1) is 19.5 Å². The van der Waals surface area contributed by atoms with Crippen molar-refractivity contribution < 1.29 is 14.3 Å². The van der Waals surface area contributed by atoms with Gasteiger partial charge in [-0.15, -0.1) is 0 Å². The predicted octanol–water partition coefficient (Wildman–Crippen LogP) is 0.691. The molecule has 2 rings (SSSR count). The van der Waals surface area contributed by atoms with Gasteiger partial charge in [0.1, 0.15) is 11.9 Å². The molecule has 4 nitrogen and oxygen atoms in total. The first kappa shape index (κ1) is 9.71. The number of aliphatic hydroxyl groups is 1. The van der Waals surface area contributed by atoms with Crippen LogP contribution in [0.25, 0.3) is 0 Å². The highest BCUT2D eigenvalue weighted by Crippen LogP contribution is 2.19. The Morgan fingerprint density at radius 1 is 1.64 bits per heavy atom. The monoisotopic (exact) mass is 197 g/mol. The summed E-state index contributed by atoms with van der Waals surface area (Å²) in [6.45, 7) is 2.28. The van der Waals surface area contributed by atoms with Gasteiger partial charge >= 0.3 is 0 Å². The van der Waals surface area contributed by atoms with Crippen LogP contribution in [0.5, 0.6) is 0 Å². The number of hydrogen-bond donors (Lipinski definition) is 2. The molecule has 1 aromatic rings. The lowest BCUT2D eigenvalue weighted by atomic mass is 10.1. The quantitative estimate of drug-likeness (QED) is 0.748. The molecule has 0 unspecified atom stereocenters. The summed E-state index contributed by atoms with van der Waals surface area (Å²) in [6, 6.07) is 3.79. The first-order chi connectivity index (χ1) is 6.86. The van der Waals surface area contributed by atoms with Gasteiger partial charge in [0.2, 0.25) is 0 Å². The summed E-state index contributed by atoms with van der Waals surface area (Å²) in [7, 11) is 0. The summed E-state index contributed by atoms with van der Waals surface area (Å²) in [4.78, 5) is 0. The maximum absolute atomic E-state index is 9.77. The molecular formula is C10H15NO3. The van der Waals surface area contributed by atoms with E-state index in [0.29, 0.717) is 18.8 Å². The minimum absolute atomic E-state index is 0.226. The first-order valence-electron chi connectivity index (χ1n) is 4.89. The molecule has 78 valence electrons. The van der Waals surface area contributed by atoms with Gasteiger partial charge in [-0.1, -0.05) is 0 Å². The fraction of sp³-hybridized carbons (Fsp3) is 0.600. The molecule has 0 aromatic carbocycles. The summed E-state index contributed by atoms with van der Waals surface area (Å²) in [5, 5.41) is 13.1. The Bertz CT molecular complexity index is 254. The number of ether oxygens (including phenoxy) is 1. The van der Waals surface area contributed by atoms with Gasteiger partial charge in [0, 0.05) is 12.6 Å². The number of morpholine rings is 1. The van der Waals surface area contributed by atoms with Crippen molar-refractivity contribution >= 4 is 0 Å². The van der Waals surface area contributed by atoms with Crippen molar-refractivity contribution in [3.8, 4) is 0 Å². The average molecular weight is 197 g/mol. The molecule has 1 saturated heterocycles. The standard InChI is InChI=1S/C10H15NO3/c12-9(10-2-1-4-14-10)6-8-7-13-5-3-11-8/h1-2,4,8-9,11-12H,3,5-7H2/t8-,9-/m0/s1. The van der Waals surface area contributed by atoms with Crippen LogP contribution in [0.3, 0.4) is 0 Å². The highest BCUT2D eigenvalue weighted by molar-refractivity contribution is 5.02. The Morgan fingerprint density at radius 2 is 2.57 bits per heavy atom.